The quantitative estimate of drug-likeness (QED) is 0.855. The first kappa shape index (κ1) is 15.9. The number of hydrogen-bond donors (Lipinski definition) is 0. The lowest BCUT2D eigenvalue weighted by Crippen LogP contribution is -2.34. The highest BCUT2D eigenvalue weighted by Gasteiger charge is 2.25. The van der Waals surface area contributed by atoms with E-state index in [1.54, 1.807) is 0 Å². The van der Waals surface area contributed by atoms with Gasteiger partial charge in [0, 0.05) is 43.9 Å². The van der Waals surface area contributed by atoms with Gasteiger partial charge in [-0.2, -0.15) is 0 Å². The molecule has 2 aromatic rings. The Bertz CT molecular complexity index is 656. The van der Waals surface area contributed by atoms with Gasteiger partial charge in [-0.3, -0.25) is 4.90 Å². The Morgan fingerprint density at radius 3 is 2.75 bits per heavy atom. The molecule has 1 aliphatic heterocycles. The van der Waals surface area contributed by atoms with E-state index >= 15 is 0 Å². The standard InChI is InChI=1S/C19H28N4O/c1-22-11-9-20-19(22)16-8-5-10-23(13-16)14-17-12-18(21-24-17)15-6-3-2-4-7-15/h9,11-12,15-16H,2-8,10,13-14H2,1H3/t16-/m0/s1. The first-order chi connectivity index (χ1) is 11.8. The van der Waals surface area contributed by atoms with E-state index in [2.05, 4.69) is 32.7 Å². The highest BCUT2D eigenvalue weighted by Crippen LogP contribution is 2.32. The fraction of sp³-hybridized carbons (Fsp3) is 0.684. The maximum Gasteiger partial charge on any atom is 0.150 e. The van der Waals surface area contributed by atoms with Crippen molar-refractivity contribution in [3.8, 4) is 0 Å². The summed E-state index contributed by atoms with van der Waals surface area (Å²) in [6.07, 6.45) is 13.0. The van der Waals surface area contributed by atoms with Gasteiger partial charge in [0.2, 0.25) is 0 Å². The molecule has 1 saturated carbocycles. The van der Waals surface area contributed by atoms with Crippen molar-refractivity contribution in [2.75, 3.05) is 13.1 Å². The lowest BCUT2D eigenvalue weighted by Gasteiger charge is -2.31. The molecule has 5 heteroatoms. The van der Waals surface area contributed by atoms with E-state index in [0.29, 0.717) is 11.8 Å². The minimum Gasteiger partial charge on any atom is -0.360 e. The van der Waals surface area contributed by atoms with Crippen molar-refractivity contribution in [2.24, 2.45) is 7.05 Å². The van der Waals surface area contributed by atoms with Crippen LogP contribution < -0.4 is 0 Å². The largest absolute Gasteiger partial charge is 0.360 e. The van der Waals surface area contributed by atoms with Crippen molar-refractivity contribution >= 4 is 0 Å². The highest BCUT2D eigenvalue weighted by molar-refractivity contribution is 5.12. The van der Waals surface area contributed by atoms with Crippen LogP contribution in [0.3, 0.4) is 0 Å². The molecule has 130 valence electrons. The Kier molecular flexibility index (Phi) is 4.69. The number of aryl methyl sites for hydroxylation is 1. The number of likely N-dealkylation sites (tertiary alicyclic amines) is 1. The Morgan fingerprint density at radius 2 is 1.96 bits per heavy atom. The third kappa shape index (κ3) is 3.41. The average molecular weight is 328 g/mol. The number of hydrogen-bond acceptors (Lipinski definition) is 4. The molecule has 0 N–H and O–H groups in total. The van der Waals surface area contributed by atoms with E-state index in [4.69, 9.17) is 4.52 Å². The van der Waals surface area contributed by atoms with Crippen LogP contribution >= 0.6 is 0 Å². The van der Waals surface area contributed by atoms with Crippen molar-refractivity contribution in [2.45, 2.75) is 63.3 Å². The number of imidazole rings is 1. The van der Waals surface area contributed by atoms with Crippen LogP contribution in [0.25, 0.3) is 0 Å². The van der Waals surface area contributed by atoms with Crippen LogP contribution in [0.5, 0.6) is 0 Å². The van der Waals surface area contributed by atoms with E-state index in [1.807, 2.05) is 12.4 Å². The van der Waals surface area contributed by atoms with E-state index in [1.165, 1.54) is 56.5 Å². The fourth-order valence-corrected chi connectivity index (χ4v) is 4.40. The third-order valence-electron chi connectivity index (χ3n) is 5.71. The second-order valence-electron chi connectivity index (χ2n) is 7.52. The minimum absolute atomic E-state index is 0.527. The molecule has 24 heavy (non-hydrogen) atoms. The summed E-state index contributed by atoms with van der Waals surface area (Å²) >= 11 is 0. The molecule has 0 bridgehead atoms. The Morgan fingerprint density at radius 1 is 1.12 bits per heavy atom. The van der Waals surface area contributed by atoms with Gasteiger partial charge in [-0.1, -0.05) is 24.4 Å². The van der Waals surface area contributed by atoms with Gasteiger partial charge in [0.25, 0.3) is 0 Å². The molecule has 0 spiro atoms. The van der Waals surface area contributed by atoms with Gasteiger partial charge in [0.15, 0.2) is 5.76 Å². The van der Waals surface area contributed by atoms with E-state index < -0.39 is 0 Å². The molecule has 5 nitrogen and oxygen atoms in total. The highest BCUT2D eigenvalue weighted by atomic mass is 16.5. The minimum atomic E-state index is 0.527. The number of rotatable bonds is 4. The lowest BCUT2D eigenvalue weighted by atomic mass is 9.87. The Labute approximate surface area is 144 Å². The van der Waals surface area contributed by atoms with Crippen LogP contribution in [-0.2, 0) is 13.6 Å². The molecule has 2 aliphatic rings. The molecular formula is C19H28N4O. The summed E-state index contributed by atoms with van der Waals surface area (Å²) < 4.78 is 7.81. The van der Waals surface area contributed by atoms with Crippen LogP contribution in [0.1, 0.15) is 74.1 Å². The van der Waals surface area contributed by atoms with Gasteiger partial charge < -0.3 is 9.09 Å². The normalized spacial score (nSPS) is 23.6. The zero-order valence-electron chi connectivity index (χ0n) is 14.7. The van der Waals surface area contributed by atoms with Gasteiger partial charge in [0.05, 0.1) is 12.2 Å². The third-order valence-corrected chi connectivity index (χ3v) is 5.71. The summed E-state index contributed by atoms with van der Waals surface area (Å²) in [5.74, 6) is 3.38. The second-order valence-corrected chi connectivity index (χ2v) is 7.52. The van der Waals surface area contributed by atoms with E-state index in [9.17, 15) is 0 Å². The van der Waals surface area contributed by atoms with Crippen molar-refractivity contribution in [3.05, 3.63) is 35.7 Å². The molecule has 2 fully saturated rings. The number of nitrogens with zero attached hydrogens (tertiary/aromatic N) is 4. The van der Waals surface area contributed by atoms with Gasteiger partial charge in [0.1, 0.15) is 5.82 Å². The van der Waals surface area contributed by atoms with Crippen LogP contribution in [0, 0.1) is 0 Å². The molecule has 1 atom stereocenters. The molecular weight excluding hydrogens is 300 g/mol. The van der Waals surface area contributed by atoms with Crippen molar-refractivity contribution in [3.63, 3.8) is 0 Å². The van der Waals surface area contributed by atoms with Gasteiger partial charge in [-0.25, -0.2) is 4.98 Å². The molecule has 1 aliphatic carbocycles. The molecule has 0 amide bonds. The number of piperidine rings is 1. The van der Waals surface area contributed by atoms with Crippen molar-refractivity contribution in [1.82, 2.24) is 19.6 Å². The second kappa shape index (κ2) is 7.09. The maximum atomic E-state index is 5.66. The Hall–Kier alpha value is -1.62. The average Bonchev–Trinajstić information content (AvgIpc) is 3.25. The first-order valence-electron chi connectivity index (χ1n) is 9.44. The summed E-state index contributed by atoms with van der Waals surface area (Å²) in [6, 6.07) is 2.21. The summed E-state index contributed by atoms with van der Waals surface area (Å²) in [5, 5.41) is 4.37. The lowest BCUT2D eigenvalue weighted by molar-refractivity contribution is 0.176. The van der Waals surface area contributed by atoms with Gasteiger partial charge >= 0.3 is 0 Å². The zero-order chi connectivity index (χ0) is 16.4. The summed E-state index contributed by atoms with van der Waals surface area (Å²) in [5.41, 5.74) is 1.18. The predicted octanol–water partition coefficient (Wildman–Crippen LogP) is 3.84. The Balaban J connectivity index is 1.38. The first-order valence-corrected chi connectivity index (χ1v) is 9.44. The van der Waals surface area contributed by atoms with Gasteiger partial charge in [-0.15, -0.1) is 0 Å². The smallest absolute Gasteiger partial charge is 0.150 e. The molecule has 0 unspecified atom stereocenters. The maximum absolute atomic E-state index is 5.66. The predicted molar refractivity (Wildman–Crippen MR) is 92.8 cm³/mol. The molecule has 0 aromatic carbocycles. The number of aromatic nitrogens is 3. The SMILES string of the molecule is Cn1ccnc1[C@H]1CCCN(Cc2cc(C3CCCCC3)no2)C1. The van der Waals surface area contributed by atoms with E-state index in [0.717, 1.165) is 25.4 Å². The topological polar surface area (TPSA) is 47.1 Å². The van der Waals surface area contributed by atoms with Gasteiger partial charge in [-0.05, 0) is 32.2 Å². The molecule has 0 radical (unpaired) electrons. The fourth-order valence-electron chi connectivity index (χ4n) is 4.40. The van der Waals surface area contributed by atoms with Crippen LogP contribution in [0.2, 0.25) is 0 Å². The van der Waals surface area contributed by atoms with Crippen molar-refractivity contribution in [1.29, 1.82) is 0 Å². The molecule has 3 heterocycles. The van der Waals surface area contributed by atoms with Crippen LogP contribution in [0.15, 0.2) is 23.0 Å². The van der Waals surface area contributed by atoms with Crippen LogP contribution in [0.4, 0.5) is 0 Å². The molecule has 4 rings (SSSR count). The molecule has 2 aromatic heterocycles. The molecule has 1 saturated heterocycles. The van der Waals surface area contributed by atoms with Crippen LogP contribution in [-0.4, -0.2) is 32.7 Å². The summed E-state index contributed by atoms with van der Waals surface area (Å²) in [7, 11) is 2.09. The van der Waals surface area contributed by atoms with Crippen molar-refractivity contribution < 1.29 is 4.52 Å². The summed E-state index contributed by atoms with van der Waals surface area (Å²) in [6.45, 7) is 3.07. The monoisotopic (exact) mass is 328 g/mol. The zero-order valence-corrected chi connectivity index (χ0v) is 14.7. The summed E-state index contributed by atoms with van der Waals surface area (Å²) in [4.78, 5) is 7.04. The van der Waals surface area contributed by atoms with E-state index in [-0.39, 0.29) is 0 Å².